The zero-order valence-electron chi connectivity index (χ0n) is 28.8. The second-order valence-electron chi connectivity index (χ2n) is 10.6. The Labute approximate surface area is 279 Å². The predicted octanol–water partition coefficient (Wildman–Crippen LogP) is 9.29. The van der Waals surface area contributed by atoms with E-state index in [1.165, 1.54) is 77.0 Å². The van der Waals surface area contributed by atoms with Gasteiger partial charge in [-0.15, -0.1) is 0 Å². The SMILES string of the molecule is CCCCCCCCC=CCOCCOCCOCCOP=NPOCCOCCOCCOCC=CCCCCCCCC. The summed E-state index contributed by atoms with van der Waals surface area (Å²) >= 11 is 0. The maximum atomic E-state index is 5.55. The highest BCUT2D eigenvalue weighted by Crippen LogP contribution is 2.20. The van der Waals surface area contributed by atoms with Crippen molar-refractivity contribution >= 4 is 17.6 Å². The van der Waals surface area contributed by atoms with Gasteiger partial charge < -0.3 is 37.5 Å². The molecule has 45 heavy (non-hydrogen) atoms. The van der Waals surface area contributed by atoms with Gasteiger partial charge in [0, 0.05) is 0 Å². The van der Waals surface area contributed by atoms with Gasteiger partial charge in [0.2, 0.25) is 0 Å². The van der Waals surface area contributed by atoms with E-state index in [2.05, 4.69) is 42.7 Å². The van der Waals surface area contributed by atoms with Crippen LogP contribution >= 0.6 is 17.6 Å². The predicted molar refractivity (Wildman–Crippen MR) is 189 cm³/mol. The number of hydrogen-bond donors (Lipinski definition) is 0. The van der Waals surface area contributed by atoms with E-state index in [0.717, 1.165) is 12.8 Å². The summed E-state index contributed by atoms with van der Waals surface area (Å²) in [4.78, 5) is 0. The van der Waals surface area contributed by atoms with E-state index >= 15 is 0 Å². The van der Waals surface area contributed by atoms with E-state index in [-0.39, 0.29) is 8.96 Å². The van der Waals surface area contributed by atoms with Gasteiger partial charge in [0.05, 0.1) is 92.5 Å². The Morgan fingerprint density at radius 3 is 1.33 bits per heavy atom. The van der Waals surface area contributed by atoms with Crippen molar-refractivity contribution in [3.63, 3.8) is 0 Å². The van der Waals surface area contributed by atoms with E-state index in [0.29, 0.717) is 101 Å². The van der Waals surface area contributed by atoms with Crippen LogP contribution in [-0.2, 0) is 37.5 Å². The number of unbranched alkanes of at least 4 members (excludes halogenated alkanes) is 12. The molecule has 0 aromatic rings. The van der Waals surface area contributed by atoms with Crippen molar-refractivity contribution in [3.8, 4) is 0 Å². The van der Waals surface area contributed by atoms with Crippen LogP contribution < -0.4 is 0 Å². The molecule has 0 spiro atoms. The maximum absolute atomic E-state index is 5.55. The van der Waals surface area contributed by atoms with Crippen LogP contribution in [0.15, 0.2) is 28.8 Å². The zero-order valence-corrected chi connectivity index (χ0v) is 30.7. The van der Waals surface area contributed by atoms with Gasteiger partial charge >= 0.3 is 0 Å². The lowest BCUT2D eigenvalue weighted by molar-refractivity contribution is 0.0143. The van der Waals surface area contributed by atoms with Crippen molar-refractivity contribution in [2.24, 2.45) is 4.52 Å². The molecule has 0 heterocycles. The van der Waals surface area contributed by atoms with E-state index in [1.807, 2.05) is 0 Å². The molecule has 0 fully saturated rings. The minimum Gasteiger partial charge on any atom is -0.377 e. The van der Waals surface area contributed by atoms with Crippen molar-refractivity contribution in [2.45, 2.75) is 104 Å². The summed E-state index contributed by atoms with van der Waals surface area (Å²) in [6.45, 7) is 12.4. The van der Waals surface area contributed by atoms with Crippen LogP contribution in [0.5, 0.6) is 0 Å². The largest absolute Gasteiger partial charge is 0.377 e. The smallest absolute Gasteiger partial charge is 0.178 e. The molecule has 0 N–H and O–H groups in total. The summed E-state index contributed by atoms with van der Waals surface area (Å²) in [5.41, 5.74) is 0. The van der Waals surface area contributed by atoms with Crippen molar-refractivity contribution < 1.29 is 37.5 Å². The van der Waals surface area contributed by atoms with Crippen LogP contribution in [0.3, 0.4) is 0 Å². The van der Waals surface area contributed by atoms with Crippen LogP contribution in [0.25, 0.3) is 0 Å². The van der Waals surface area contributed by atoms with Crippen LogP contribution in [0, 0.1) is 0 Å². The van der Waals surface area contributed by atoms with Gasteiger partial charge in [0.1, 0.15) is 8.96 Å². The molecule has 11 heteroatoms. The third kappa shape index (κ3) is 43.7. The van der Waals surface area contributed by atoms with Gasteiger partial charge in [-0.1, -0.05) is 102 Å². The molecule has 1 atom stereocenters. The maximum Gasteiger partial charge on any atom is 0.178 e. The first-order valence-electron chi connectivity index (χ1n) is 17.6. The molecule has 0 aromatic carbocycles. The number of nitrogens with zero attached hydrogens (tertiary/aromatic N) is 1. The Balaban J connectivity index is 3.15. The number of hydrogen-bond acceptors (Lipinski definition) is 9. The molecule has 9 nitrogen and oxygen atoms in total. The Hall–Kier alpha value is -0.310. The summed E-state index contributed by atoms with van der Waals surface area (Å²) < 4.78 is 48.1. The van der Waals surface area contributed by atoms with E-state index in [9.17, 15) is 0 Å². The number of ether oxygens (including phenoxy) is 6. The first-order chi connectivity index (χ1) is 22.4. The molecule has 0 rings (SSSR count). The van der Waals surface area contributed by atoms with Crippen molar-refractivity contribution in [3.05, 3.63) is 24.3 Å². The summed E-state index contributed by atoms with van der Waals surface area (Å²) in [7, 11) is 0.576. The standard InChI is InChI=1S/C34H67NO8P2/c1-3-5-7-9-11-13-15-17-19-21-36-23-25-38-27-29-40-31-33-42-44-35-45-43-34-32-41-30-28-39-26-24-37-22-20-18-16-14-12-10-8-6-4-2/h17-20,44H,3-16,21-34H2,1-2H3. The summed E-state index contributed by atoms with van der Waals surface area (Å²) in [6.07, 6.45) is 27.0. The minimum atomic E-state index is 0.0307. The minimum absolute atomic E-state index is 0.0307. The molecule has 0 aliphatic rings. The molecule has 0 saturated heterocycles. The highest BCUT2D eigenvalue weighted by atomic mass is 31.1. The van der Waals surface area contributed by atoms with Gasteiger partial charge in [-0.25, -0.2) is 0 Å². The number of rotatable bonds is 39. The van der Waals surface area contributed by atoms with Gasteiger partial charge in [-0.05, 0) is 25.7 Å². The topological polar surface area (TPSA) is 86.2 Å². The van der Waals surface area contributed by atoms with Crippen LogP contribution in [0.1, 0.15) is 104 Å². The highest BCUT2D eigenvalue weighted by Gasteiger charge is 1.94. The fourth-order valence-corrected chi connectivity index (χ4v) is 4.92. The molecule has 266 valence electrons. The molecule has 0 amide bonds. The first kappa shape index (κ1) is 44.7. The lowest BCUT2D eigenvalue weighted by atomic mass is 10.1. The van der Waals surface area contributed by atoms with Gasteiger partial charge in [-0.2, -0.15) is 4.52 Å². The highest BCUT2D eigenvalue weighted by molar-refractivity contribution is 7.39. The summed E-state index contributed by atoms with van der Waals surface area (Å²) in [5, 5.41) is 0. The Morgan fingerprint density at radius 2 is 0.844 bits per heavy atom. The Bertz CT molecular complexity index is 629. The molecular weight excluding hydrogens is 612 g/mol. The third-order valence-corrected chi connectivity index (χ3v) is 7.84. The quantitative estimate of drug-likeness (QED) is 0.0361. The van der Waals surface area contributed by atoms with Crippen LogP contribution in [-0.4, -0.2) is 92.5 Å². The Kier molecular flexibility index (Phi) is 43.4. The fourth-order valence-electron chi connectivity index (χ4n) is 4.00. The first-order valence-corrected chi connectivity index (χ1v) is 19.2. The normalized spacial score (nSPS) is 12.4. The average molecular weight is 680 g/mol. The summed E-state index contributed by atoms with van der Waals surface area (Å²) in [6, 6.07) is 0. The monoisotopic (exact) mass is 679 g/mol. The molecule has 0 aliphatic heterocycles. The van der Waals surface area contributed by atoms with Gasteiger partial charge in [0.15, 0.2) is 8.60 Å². The van der Waals surface area contributed by atoms with E-state index < -0.39 is 0 Å². The van der Waals surface area contributed by atoms with E-state index in [4.69, 9.17) is 37.5 Å². The van der Waals surface area contributed by atoms with Crippen LogP contribution in [0.2, 0.25) is 0 Å². The molecule has 0 radical (unpaired) electrons. The van der Waals surface area contributed by atoms with Crippen molar-refractivity contribution in [1.82, 2.24) is 0 Å². The van der Waals surface area contributed by atoms with E-state index in [1.54, 1.807) is 0 Å². The molecule has 1 unspecified atom stereocenters. The second-order valence-corrected chi connectivity index (χ2v) is 12.3. The average Bonchev–Trinajstić information content (AvgIpc) is 3.05. The van der Waals surface area contributed by atoms with Crippen LogP contribution in [0.4, 0.5) is 0 Å². The molecule has 0 bridgehead atoms. The molecule has 0 aromatic heterocycles. The lowest BCUT2D eigenvalue weighted by Gasteiger charge is -2.06. The van der Waals surface area contributed by atoms with Gasteiger partial charge in [0.25, 0.3) is 0 Å². The Morgan fingerprint density at radius 1 is 0.444 bits per heavy atom. The lowest BCUT2D eigenvalue weighted by Crippen LogP contribution is -2.11. The fraction of sp³-hybridized carbons (Fsp3) is 0.882. The third-order valence-electron chi connectivity index (χ3n) is 6.55. The van der Waals surface area contributed by atoms with Crippen molar-refractivity contribution in [2.75, 3.05) is 92.5 Å². The van der Waals surface area contributed by atoms with Gasteiger partial charge in [-0.3, -0.25) is 0 Å². The molecule has 0 saturated carbocycles. The second kappa shape index (κ2) is 43.7. The zero-order chi connectivity index (χ0) is 32.4. The van der Waals surface area contributed by atoms with Crippen molar-refractivity contribution in [1.29, 1.82) is 0 Å². The summed E-state index contributed by atoms with van der Waals surface area (Å²) in [5.74, 6) is 0. The molecular formula is C34H67NO8P2. The molecule has 0 aliphatic carbocycles. The number of allylic oxidation sites excluding steroid dienone is 2.